The van der Waals surface area contributed by atoms with E-state index < -0.39 is 12.6 Å². The summed E-state index contributed by atoms with van der Waals surface area (Å²) in [4.78, 5) is 18.5. The zero-order valence-corrected chi connectivity index (χ0v) is 10.2. The smallest absolute Gasteiger partial charge is 0.341 e. The predicted molar refractivity (Wildman–Crippen MR) is 68.2 cm³/mol. The lowest BCUT2D eigenvalue weighted by Crippen LogP contribution is -2.10. The van der Waals surface area contributed by atoms with Crippen LogP contribution in [0.25, 0.3) is 22.4 Å². The molecule has 0 saturated carbocycles. The Morgan fingerprint density at radius 2 is 2.05 bits per heavy atom. The van der Waals surface area contributed by atoms with Gasteiger partial charge >= 0.3 is 5.97 Å². The third-order valence-corrected chi connectivity index (χ3v) is 2.62. The van der Waals surface area contributed by atoms with E-state index in [0.717, 1.165) is 5.56 Å². The van der Waals surface area contributed by atoms with Crippen LogP contribution in [-0.4, -0.2) is 32.8 Å². The predicted octanol–water partition coefficient (Wildman–Crippen LogP) is 1.75. The molecule has 0 saturated heterocycles. The SMILES string of the molecule is O=C(O)COc1ncnc2onc(-c3ccccc3)c12. The lowest BCUT2D eigenvalue weighted by molar-refractivity contribution is -0.139. The summed E-state index contributed by atoms with van der Waals surface area (Å²) < 4.78 is 10.3. The first-order chi connectivity index (χ1) is 9.75. The van der Waals surface area contributed by atoms with Gasteiger partial charge in [0.05, 0.1) is 0 Å². The van der Waals surface area contributed by atoms with Crippen LogP contribution in [0.5, 0.6) is 5.88 Å². The molecular formula is C13H9N3O4. The minimum absolute atomic E-state index is 0.137. The van der Waals surface area contributed by atoms with Gasteiger partial charge in [-0.2, -0.15) is 4.98 Å². The van der Waals surface area contributed by atoms with Crippen molar-refractivity contribution >= 4 is 17.1 Å². The van der Waals surface area contributed by atoms with E-state index in [9.17, 15) is 4.79 Å². The molecule has 0 fully saturated rings. The number of carboxylic acids is 1. The van der Waals surface area contributed by atoms with Crippen LogP contribution in [0, 0.1) is 0 Å². The van der Waals surface area contributed by atoms with E-state index in [1.807, 2.05) is 30.3 Å². The normalized spacial score (nSPS) is 10.6. The molecule has 1 N–H and O–H groups in total. The van der Waals surface area contributed by atoms with Gasteiger partial charge in [0.2, 0.25) is 5.88 Å². The van der Waals surface area contributed by atoms with Crippen molar-refractivity contribution in [2.24, 2.45) is 0 Å². The Kier molecular flexibility index (Phi) is 3.00. The summed E-state index contributed by atoms with van der Waals surface area (Å²) in [5, 5.41) is 13.1. The highest BCUT2D eigenvalue weighted by Gasteiger charge is 2.18. The second kappa shape index (κ2) is 4.96. The number of fused-ring (bicyclic) bond motifs is 1. The minimum atomic E-state index is -1.09. The maximum atomic E-state index is 10.6. The van der Waals surface area contributed by atoms with Crippen LogP contribution >= 0.6 is 0 Å². The van der Waals surface area contributed by atoms with Crippen LogP contribution in [0.15, 0.2) is 41.2 Å². The van der Waals surface area contributed by atoms with Crippen LogP contribution in [0.1, 0.15) is 0 Å². The summed E-state index contributed by atoms with van der Waals surface area (Å²) in [5.41, 5.74) is 1.57. The van der Waals surface area contributed by atoms with E-state index in [-0.39, 0.29) is 11.6 Å². The number of nitrogens with zero attached hydrogens (tertiary/aromatic N) is 3. The maximum absolute atomic E-state index is 10.6. The van der Waals surface area contributed by atoms with Crippen LogP contribution in [-0.2, 0) is 4.79 Å². The molecule has 7 nitrogen and oxygen atoms in total. The molecule has 0 radical (unpaired) electrons. The zero-order valence-electron chi connectivity index (χ0n) is 10.2. The molecule has 0 aliphatic heterocycles. The lowest BCUT2D eigenvalue weighted by atomic mass is 10.1. The summed E-state index contributed by atoms with van der Waals surface area (Å²) in [5.74, 6) is -0.952. The molecule has 0 unspecified atom stereocenters. The number of aromatic nitrogens is 3. The number of hydrogen-bond donors (Lipinski definition) is 1. The van der Waals surface area contributed by atoms with Crippen LogP contribution in [0.2, 0.25) is 0 Å². The molecule has 0 aliphatic rings. The largest absolute Gasteiger partial charge is 0.479 e. The zero-order chi connectivity index (χ0) is 13.9. The third kappa shape index (κ3) is 2.16. The van der Waals surface area contributed by atoms with E-state index in [1.54, 1.807) is 0 Å². The highest BCUT2D eigenvalue weighted by atomic mass is 16.5. The molecule has 2 heterocycles. The van der Waals surface area contributed by atoms with Gasteiger partial charge in [-0.25, -0.2) is 9.78 Å². The van der Waals surface area contributed by atoms with E-state index >= 15 is 0 Å². The van der Waals surface area contributed by atoms with Crippen molar-refractivity contribution in [1.29, 1.82) is 0 Å². The molecule has 0 atom stereocenters. The molecule has 1 aromatic carbocycles. The Labute approximate surface area is 112 Å². The van der Waals surface area contributed by atoms with Crippen molar-refractivity contribution in [1.82, 2.24) is 15.1 Å². The second-order valence-corrected chi connectivity index (χ2v) is 3.94. The molecule has 2 aromatic heterocycles. The average Bonchev–Trinajstić information content (AvgIpc) is 2.90. The quantitative estimate of drug-likeness (QED) is 0.771. The van der Waals surface area contributed by atoms with Crippen LogP contribution in [0.4, 0.5) is 0 Å². The van der Waals surface area contributed by atoms with Gasteiger partial charge in [-0.3, -0.25) is 0 Å². The van der Waals surface area contributed by atoms with Gasteiger partial charge in [0, 0.05) is 5.56 Å². The van der Waals surface area contributed by atoms with Crippen molar-refractivity contribution in [3.63, 3.8) is 0 Å². The lowest BCUT2D eigenvalue weighted by Gasteiger charge is -2.03. The monoisotopic (exact) mass is 271 g/mol. The fourth-order valence-electron chi connectivity index (χ4n) is 1.79. The Balaban J connectivity index is 2.12. The summed E-state index contributed by atoms with van der Waals surface area (Å²) >= 11 is 0. The minimum Gasteiger partial charge on any atom is -0.479 e. The topological polar surface area (TPSA) is 98.3 Å². The summed E-state index contributed by atoms with van der Waals surface area (Å²) in [6.45, 7) is -0.495. The second-order valence-electron chi connectivity index (χ2n) is 3.94. The molecule has 3 aromatic rings. The molecule has 0 bridgehead atoms. The van der Waals surface area contributed by atoms with Gasteiger partial charge in [0.25, 0.3) is 5.71 Å². The average molecular weight is 271 g/mol. The van der Waals surface area contributed by atoms with E-state index in [0.29, 0.717) is 11.1 Å². The van der Waals surface area contributed by atoms with Gasteiger partial charge in [-0.1, -0.05) is 35.5 Å². The van der Waals surface area contributed by atoms with Crippen molar-refractivity contribution in [3.05, 3.63) is 36.7 Å². The van der Waals surface area contributed by atoms with Gasteiger partial charge in [-0.15, -0.1) is 0 Å². The van der Waals surface area contributed by atoms with Crippen LogP contribution < -0.4 is 4.74 Å². The number of rotatable bonds is 4. The van der Waals surface area contributed by atoms with Crippen molar-refractivity contribution < 1.29 is 19.2 Å². The Hall–Kier alpha value is -2.96. The molecule has 20 heavy (non-hydrogen) atoms. The molecular weight excluding hydrogens is 262 g/mol. The Morgan fingerprint density at radius 3 is 2.80 bits per heavy atom. The highest BCUT2D eigenvalue weighted by Crippen LogP contribution is 2.32. The standard InChI is InChI=1S/C13H9N3O4/c17-9(18)6-19-12-10-11(8-4-2-1-3-5-8)16-20-13(10)15-7-14-12/h1-5,7H,6H2,(H,17,18). The van der Waals surface area contributed by atoms with Gasteiger partial charge in [-0.05, 0) is 0 Å². The number of carboxylic acid groups (broad SMARTS) is 1. The molecule has 7 heteroatoms. The summed E-state index contributed by atoms with van der Waals surface area (Å²) in [7, 11) is 0. The molecule has 0 amide bonds. The Morgan fingerprint density at radius 1 is 1.25 bits per heavy atom. The summed E-state index contributed by atoms with van der Waals surface area (Å²) in [6, 6.07) is 9.30. The number of benzene rings is 1. The number of carbonyl (C=O) groups is 1. The van der Waals surface area contributed by atoms with Crippen molar-refractivity contribution in [2.45, 2.75) is 0 Å². The van der Waals surface area contributed by atoms with Crippen molar-refractivity contribution in [3.8, 4) is 17.1 Å². The van der Waals surface area contributed by atoms with E-state index in [2.05, 4.69) is 15.1 Å². The maximum Gasteiger partial charge on any atom is 0.341 e. The van der Waals surface area contributed by atoms with E-state index in [1.165, 1.54) is 6.33 Å². The molecule has 100 valence electrons. The molecule has 0 spiro atoms. The van der Waals surface area contributed by atoms with Gasteiger partial charge in [0.1, 0.15) is 17.4 Å². The third-order valence-electron chi connectivity index (χ3n) is 2.62. The van der Waals surface area contributed by atoms with Crippen molar-refractivity contribution in [2.75, 3.05) is 6.61 Å². The molecule has 3 rings (SSSR count). The van der Waals surface area contributed by atoms with Gasteiger partial charge < -0.3 is 14.4 Å². The van der Waals surface area contributed by atoms with Crippen LogP contribution in [0.3, 0.4) is 0 Å². The fraction of sp³-hybridized carbons (Fsp3) is 0.0769. The first kappa shape index (κ1) is 12.1. The Bertz CT molecular complexity index is 755. The highest BCUT2D eigenvalue weighted by molar-refractivity contribution is 5.93. The first-order valence-electron chi connectivity index (χ1n) is 5.76. The molecule has 0 aliphatic carbocycles. The number of aliphatic carboxylic acids is 1. The number of hydrogen-bond acceptors (Lipinski definition) is 6. The fourth-order valence-corrected chi connectivity index (χ4v) is 1.79. The first-order valence-corrected chi connectivity index (χ1v) is 5.76. The van der Waals surface area contributed by atoms with E-state index in [4.69, 9.17) is 14.4 Å². The number of ether oxygens (including phenoxy) is 1. The van der Waals surface area contributed by atoms with Gasteiger partial charge in [0.15, 0.2) is 6.61 Å². The summed E-state index contributed by atoms with van der Waals surface area (Å²) in [6.07, 6.45) is 1.24.